The van der Waals surface area contributed by atoms with Gasteiger partial charge in [-0.1, -0.05) is 48.5 Å². The summed E-state index contributed by atoms with van der Waals surface area (Å²) in [6.45, 7) is 6.97. The van der Waals surface area contributed by atoms with Crippen molar-refractivity contribution in [2.45, 2.75) is 46.2 Å². The first-order chi connectivity index (χ1) is 16.4. The van der Waals surface area contributed by atoms with Crippen molar-refractivity contribution in [2.75, 3.05) is 18.0 Å². The maximum Gasteiger partial charge on any atom is 0.258 e. The third-order valence-electron chi connectivity index (χ3n) is 6.54. The zero-order valence-corrected chi connectivity index (χ0v) is 20.0. The Kier molecular flexibility index (Phi) is 6.96. The molecule has 0 aromatic heterocycles. The molecule has 3 amide bonds. The van der Waals surface area contributed by atoms with Crippen molar-refractivity contribution < 1.29 is 14.4 Å². The zero-order chi connectivity index (χ0) is 24.2. The molecule has 0 spiro atoms. The molecule has 6 heteroatoms. The van der Waals surface area contributed by atoms with Crippen molar-refractivity contribution in [3.63, 3.8) is 0 Å². The number of benzene rings is 3. The van der Waals surface area contributed by atoms with E-state index in [1.165, 1.54) is 0 Å². The van der Waals surface area contributed by atoms with Gasteiger partial charge >= 0.3 is 0 Å². The molecule has 4 rings (SSSR count). The predicted molar refractivity (Wildman–Crippen MR) is 135 cm³/mol. The molecule has 0 saturated heterocycles. The van der Waals surface area contributed by atoms with Crippen molar-refractivity contribution in [2.24, 2.45) is 0 Å². The Bertz CT molecular complexity index is 1230. The van der Waals surface area contributed by atoms with E-state index in [-0.39, 0.29) is 24.1 Å². The molecular formula is C28H31N3O3. The minimum Gasteiger partial charge on any atom is -0.355 e. The number of nitrogens with zero attached hydrogens (tertiary/aromatic N) is 2. The molecule has 0 saturated carbocycles. The van der Waals surface area contributed by atoms with Crippen LogP contribution in [0.15, 0.2) is 60.7 Å². The van der Waals surface area contributed by atoms with Gasteiger partial charge in [0.25, 0.3) is 5.91 Å². The Labute approximate surface area is 200 Å². The van der Waals surface area contributed by atoms with E-state index in [1.807, 2.05) is 74.5 Å². The van der Waals surface area contributed by atoms with Gasteiger partial charge in [-0.05, 0) is 55.8 Å². The summed E-state index contributed by atoms with van der Waals surface area (Å²) >= 11 is 0. The molecule has 0 fully saturated rings. The van der Waals surface area contributed by atoms with E-state index in [0.717, 1.165) is 27.6 Å². The van der Waals surface area contributed by atoms with Crippen LogP contribution in [0.2, 0.25) is 0 Å². The van der Waals surface area contributed by atoms with Crippen molar-refractivity contribution >= 4 is 34.2 Å². The van der Waals surface area contributed by atoms with Crippen LogP contribution in [-0.4, -0.2) is 41.8 Å². The lowest BCUT2D eigenvalue weighted by atomic mass is 10.1. The normalized spacial score (nSPS) is 13.3. The number of likely N-dealkylation sites (N-methyl/N-ethyl adjacent to an activating group) is 1. The van der Waals surface area contributed by atoms with Crippen LogP contribution in [0, 0.1) is 6.92 Å². The SMILES string of the molecule is CCNC(=O)[C@H](C)N(Cc1ccccc1C)C(=O)CCCN1C(=O)c2cccc3cccc1c23. The van der Waals surface area contributed by atoms with E-state index in [4.69, 9.17) is 0 Å². The van der Waals surface area contributed by atoms with Crippen molar-refractivity contribution in [1.82, 2.24) is 10.2 Å². The van der Waals surface area contributed by atoms with Gasteiger partial charge < -0.3 is 15.1 Å². The van der Waals surface area contributed by atoms with Gasteiger partial charge in [0.15, 0.2) is 0 Å². The molecule has 3 aromatic carbocycles. The molecule has 176 valence electrons. The average Bonchev–Trinajstić information content (AvgIpc) is 3.11. The number of amides is 3. The van der Waals surface area contributed by atoms with Gasteiger partial charge in [0.05, 0.1) is 5.69 Å². The molecule has 1 heterocycles. The van der Waals surface area contributed by atoms with E-state index in [0.29, 0.717) is 31.6 Å². The van der Waals surface area contributed by atoms with Gasteiger partial charge in [-0.3, -0.25) is 14.4 Å². The summed E-state index contributed by atoms with van der Waals surface area (Å²) in [4.78, 5) is 42.3. The van der Waals surface area contributed by atoms with Crippen LogP contribution in [0.25, 0.3) is 10.8 Å². The number of carbonyl (C=O) groups excluding carboxylic acids is 3. The topological polar surface area (TPSA) is 69.7 Å². The summed E-state index contributed by atoms with van der Waals surface area (Å²) in [7, 11) is 0. The van der Waals surface area contributed by atoms with Crippen LogP contribution < -0.4 is 10.2 Å². The molecular weight excluding hydrogens is 426 g/mol. The molecule has 1 aliphatic heterocycles. The molecule has 0 aliphatic carbocycles. The predicted octanol–water partition coefficient (Wildman–Crippen LogP) is 4.44. The van der Waals surface area contributed by atoms with Crippen LogP contribution >= 0.6 is 0 Å². The maximum atomic E-state index is 13.3. The van der Waals surface area contributed by atoms with Crippen LogP contribution in [0.3, 0.4) is 0 Å². The van der Waals surface area contributed by atoms with Gasteiger partial charge in [-0.25, -0.2) is 0 Å². The van der Waals surface area contributed by atoms with Gasteiger partial charge in [0, 0.05) is 37.0 Å². The standard InChI is InChI=1S/C28H31N3O3/c1-4-29-27(33)20(3)31(18-22-11-6-5-10-19(22)2)25(32)16-9-17-30-24-15-8-13-21-12-7-14-23(26(21)24)28(30)34/h5-8,10-15,20H,4,9,16-18H2,1-3H3,(H,29,33)/t20-/m0/s1. The molecule has 0 radical (unpaired) electrons. The maximum absolute atomic E-state index is 13.3. The molecule has 0 bridgehead atoms. The number of hydrogen-bond donors (Lipinski definition) is 1. The molecule has 1 aliphatic rings. The Morgan fingerprint density at radius 2 is 1.76 bits per heavy atom. The fourth-order valence-electron chi connectivity index (χ4n) is 4.61. The lowest BCUT2D eigenvalue weighted by Gasteiger charge is -2.29. The summed E-state index contributed by atoms with van der Waals surface area (Å²) in [5.74, 6) is -0.280. The summed E-state index contributed by atoms with van der Waals surface area (Å²) in [6, 6.07) is 19.0. The molecule has 1 N–H and O–H groups in total. The third-order valence-corrected chi connectivity index (χ3v) is 6.54. The second kappa shape index (κ2) is 10.1. The Morgan fingerprint density at radius 3 is 2.50 bits per heavy atom. The fraction of sp³-hybridized carbons (Fsp3) is 0.321. The molecule has 1 atom stereocenters. The van der Waals surface area contributed by atoms with E-state index < -0.39 is 6.04 Å². The van der Waals surface area contributed by atoms with E-state index in [1.54, 1.807) is 16.7 Å². The van der Waals surface area contributed by atoms with Gasteiger partial charge in [-0.15, -0.1) is 0 Å². The van der Waals surface area contributed by atoms with Crippen LogP contribution in [-0.2, 0) is 16.1 Å². The Balaban J connectivity index is 1.47. The second-order valence-corrected chi connectivity index (χ2v) is 8.76. The molecule has 6 nitrogen and oxygen atoms in total. The lowest BCUT2D eigenvalue weighted by molar-refractivity contribution is -0.140. The average molecular weight is 458 g/mol. The Hall–Kier alpha value is -3.67. The van der Waals surface area contributed by atoms with Gasteiger partial charge in [0.2, 0.25) is 11.8 Å². The van der Waals surface area contributed by atoms with E-state index in [2.05, 4.69) is 5.32 Å². The number of nitrogens with one attached hydrogen (secondary N) is 1. The highest BCUT2D eigenvalue weighted by atomic mass is 16.2. The highest BCUT2D eigenvalue weighted by Gasteiger charge is 2.30. The first kappa shape index (κ1) is 23.5. The molecule has 0 unspecified atom stereocenters. The first-order valence-corrected chi connectivity index (χ1v) is 11.9. The number of hydrogen-bond acceptors (Lipinski definition) is 3. The second-order valence-electron chi connectivity index (χ2n) is 8.76. The molecule has 3 aromatic rings. The minimum absolute atomic E-state index is 0.0216. The summed E-state index contributed by atoms with van der Waals surface area (Å²) < 4.78 is 0. The first-order valence-electron chi connectivity index (χ1n) is 11.9. The molecule has 34 heavy (non-hydrogen) atoms. The highest BCUT2D eigenvalue weighted by molar-refractivity contribution is 6.25. The minimum atomic E-state index is -0.585. The summed E-state index contributed by atoms with van der Waals surface area (Å²) in [5, 5.41) is 4.85. The lowest BCUT2D eigenvalue weighted by Crippen LogP contribution is -2.47. The fourth-order valence-corrected chi connectivity index (χ4v) is 4.61. The number of carbonyl (C=O) groups is 3. The quantitative estimate of drug-likeness (QED) is 0.516. The number of aryl methyl sites for hydroxylation is 1. The van der Waals surface area contributed by atoms with Crippen LogP contribution in [0.1, 0.15) is 48.2 Å². The van der Waals surface area contributed by atoms with Gasteiger partial charge in [0.1, 0.15) is 6.04 Å². The van der Waals surface area contributed by atoms with Crippen molar-refractivity contribution in [3.8, 4) is 0 Å². The zero-order valence-electron chi connectivity index (χ0n) is 20.0. The van der Waals surface area contributed by atoms with Crippen molar-refractivity contribution in [1.29, 1.82) is 0 Å². The van der Waals surface area contributed by atoms with Crippen LogP contribution in [0.4, 0.5) is 5.69 Å². The summed E-state index contributed by atoms with van der Waals surface area (Å²) in [6.07, 6.45) is 0.771. The van der Waals surface area contributed by atoms with E-state index >= 15 is 0 Å². The summed E-state index contributed by atoms with van der Waals surface area (Å²) in [5.41, 5.74) is 3.71. The Morgan fingerprint density at radius 1 is 1.03 bits per heavy atom. The smallest absolute Gasteiger partial charge is 0.258 e. The number of anilines is 1. The largest absolute Gasteiger partial charge is 0.355 e. The van der Waals surface area contributed by atoms with Crippen molar-refractivity contribution in [3.05, 3.63) is 77.4 Å². The number of rotatable bonds is 9. The van der Waals surface area contributed by atoms with E-state index in [9.17, 15) is 14.4 Å². The highest BCUT2D eigenvalue weighted by Crippen LogP contribution is 2.37. The third kappa shape index (κ3) is 4.53. The monoisotopic (exact) mass is 457 g/mol. The van der Waals surface area contributed by atoms with Crippen LogP contribution in [0.5, 0.6) is 0 Å². The van der Waals surface area contributed by atoms with Gasteiger partial charge in [-0.2, -0.15) is 0 Å².